The maximum absolute atomic E-state index is 5.27. The molecule has 2 nitrogen and oxygen atoms in total. The van der Waals surface area contributed by atoms with Gasteiger partial charge in [0.25, 0.3) is 0 Å². The van der Waals surface area contributed by atoms with E-state index < -0.39 is 5.41 Å². The topological polar surface area (TPSA) is 25.8 Å². The van der Waals surface area contributed by atoms with Crippen molar-refractivity contribution in [2.45, 2.75) is 15.2 Å². The van der Waals surface area contributed by atoms with Crippen LogP contribution in [0.3, 0.4) is 0 Å². The van der Waals surface area contributed by atoms with Gasteiger partial charge in [-0.3, -0.25) is 0 Å². The lowest BCUT2D eigenvalue weighted by Crippen LogP contribution is -2.32. The molecule has 1 aliphatic carbocycles. The molecule has 0 fully saturated rings. The summed E-state index contributed by atoms with van der Waals surface area (Å²) in [5.41, 5.74) is 12.6. The Bertz CT molecular complexity index is 2160. The summed E-state index contributed by atoms with van der Waals surface area (Å²) in [5.74, 6) is 0.726. The van der Waals surface area contributed by atoms with E-state index in [1.165, 1.54) is 43.2 Å². The average molecular weight is 579 g/mol. The molecule has 2 heterocycles. The van der Waals surface area contributed by atoms with Gasteiger partial charge in [0.1, 0.15) is 0 Å². The average Bonchev–Trinajstić information content (AvgIpc) is 3.39. The summed E-state index contributed by atoms with van der Waals surface area (Å²) in [6.45, 7) is 0. The van der Waals surface area contributed by atoms with Crippen LogP contribution in [0.4, 0.5) is 0 Å². The van der Waals surface area contributed by atoms with E-state index >= 15 is 0 Å². The molecule has 1 aliphatic heterocycles. The molecule has 1 spiro atoms. The first kappa shape index (κ1) is 25.3. The Morgan fingerprint density at radius 2 is 0.977 bits per heavy atom. The molecule has 2 aliphatic rings. The fourth-order valence-corrected chi connectivity index (χ4v) is 8.49. The first-order chi connectivity index (χ1) is 21.8. The Morgan fingerprint density at radius 3 is 1.68 bits per heavy atom. The van der Waals surface area contributed by atoms with Crippen molar-refractivity contribution in [3.63, 3.8) is 0 Å². The lowest BCUT2D eigenvalue weighted by molar-refractivity contribution is 0.724. The summed E-state index contributed by atoms with van der Waals surface area (Å²) in [7, 11) is 0. The molecule has 206 valence electrons. The van der Waals surface area contributed by atoms with Gasteiger partial charge in [0.15, 0.2) is 5.82 Å². The largest absolute Gasteiger partial charge is 0.236 e. The molecule has 1 aromatic heterocycles. The minimum atomic E-state index is -0.479. The number of aromatic nitrogens is 2. The molecule has 0 unspecified atom stereocenters. The SMILES string of the molecule is c1ccc(-c2ncc(-c3cccc4c3C3(c5ccccc5S4)c4ccccc4-c4ccccc43)c(-c3ccccc3)n2)cc1. The van der Waals surface area contributed by atoms with E-state index in [4.69, 9.17) is 9.97 Å². The van der Waals surface area contributed by atoms with Crippen molar-refractivity contribution >= 4 is 11.8 Å². The van der Waals surface area contributed by atoms with Gasteiger partial charge < -0.3 is 0 Å². The number of benzene rings is 6. The van der Waals surface area contributed by atoms with Crippen LogP contribution in [0.15, 0.2) is 168 Å². The van der Waals surface area contributed by atoms with Gasteiger partial charge in [0.05, 0.1) is 11.1 Å². The van der Waals surface area contributed by atoms with E-state index in [1.807, 2.05) is 36.2 Å². The van der Waals surface area contributed by atoms with Crippen LogP contribution in [0.25, 0.3) is 44.9 Å². The second-order valence-electron chi connectivity index (χ2n) is 11.3. The Balaban J connectivity index is 1.40. The van der Waals surface area contributed by atoms with Crippen LogP contribution < -0.4 is 0 Å². The monoisotopic (exact) mass is 578 g/mol. The second kappa shape index (κ2) is 9.90. The van der Waals surface area contributed by atoms with Crippen molar-refractivity contribution in [3.8, 4) is 44.9 Å². The van der Waals surface area contributed by atoms with E-state index in [0.717, 1.165) is 33.8 Å². The first-order valence-electron chi connectivity index (χ1n) is 14.9. The Morgan fingerprint density at radius 1 is 0.432 bits per heavy atom. The van der Waals surface area contributed by atoms with Crippen LogP contribution in [0.1, 0.15) is 22.3 Å². The predicted octanol–water partition coefficient (Wildman–Crippen LogP) is 10.3. The number of hydrogen-bond acceptors (Lipinski definition) is 3. The Hall–Kier alpha value is -5.25. The zero-order valence-electron chi connectivity index (χ0n) is 23.8. The summed E-state index contributed by atoms with van der Waals surface area (Å²) in [6.07, 6.45) is 2.04. The summed E-state index contributed by atoms with van der Waals surface area (Å²) in [4.78, 5) is 12.8. The molecule has 3 heteroatoms. The smallest absolute Gasteiger partial charge is 0.159 e. The van der Waals surface area contributed by atoms with E-state index in [2.05, 4.69) is 133 Å². The van der Waals surface area contributed by atoms with E-state index in [9.17, 15) is 0 Å². The third-order valence-electron chi connectivity index (χ3n) is 9.02. The number of hydrogen-bond donors (Lipinski definition) is 0. The van der Waals surface area contributed by atoms with Crippen molar-refractivity contribution in [1.29, 1.82) is 0 Å². The number of fused-ring (bicyclic) bond motifs is 9. The van der Waals surface area contributed by atoms with Crippen LogP contribution in [0, 0.1) is 0 Å². The van der Waals surface area contributed by atoms with Crippen LogP contribution in [-0.2, 0) is 5.41 Å². The molecular weight excluding hydrogens is 553 g/mol. The summed E-state index contributed by atoms with van der Waals surface area (Å²) in [5, 5.41) is 0. The quantitative estimate of drug-likeness (QED) is 0.209. The van der Waals surface area contributed by atoms with E-state index in [1.54, 1.807) is 0 Å². The molecule has 0 radical (unpaired) electrons. The predicted molar refractivity (Wildman–Crippen MR) is 180 cm³/mol. The second-order valence-corrected chi connectivity index (χ2v) is 12.4. The molecule has 0 amide bonds. The molecule has 0 saturated heterocycles. The van der Waals surface area contributed by atoms with Crippen molar-refractivity contribution in [3.05, 3.63) is 180 Å². The maximum atomic E-state index is 5.27. The normalized spacial score (nSPS) is 13.5. The van der Waals surface area contributed by atoms with Gasteiger partial charge in [-0.15, -0.1) is 0 Å². The van der Waals surface area contributed by atoms with Gasteiger partial charge in [-0.25, -0.2) is 9.97 Å². The third kappa shape index (κ3) is 3.57. The van der Waals surface area contributed by atoms with E-state index in [-0.39, 0.29) is 0 Å². The van der Waals surface area contributed by atoms with Gasteiger partial charge in [-0.1, -0.05) is 151 Å². The highest BCUT2D eigenvalue weighted by Crippen LogP contribution is 2.63. The van der Waals surface area contributed by atoms with Crippen molar-refractivity contribution in [1.82, 2.24) is 9.97 Å². The summed E-state index contributed by atoms with van der Waals surface area (Å²) >= 11 is 1.86. The molecule has 0 bridgehead atoms. The highest BCUT2D eigenvalue weighted by atomic mass is 32.2. The highest BCUT2D eigenvalue weighted by molar-refractivity contribution is 7.99. The number of rotatable bonds is 3. The first-order valence-corrected chi connectivity index (χ1v) is 15.7. The standard InChI is InChI=1S/C41H26N2S/c1-3-14-27(15-4-1)39-32(26-42-40(43-39)28-16-5-2-6-17-28)31-20-13-25-37-38(31)41(35-23-11-12-24-36(35)44-37)33-21-9-7-18-29(33)30-19-8-10-22-34(30)41/h1-26H. The minimum Gasteiger partial charge on any atom is -0.236 e. The number of nitrogens with zero attached hydrogens (tertiary/aromatic N) is 2. The van der Waals surface area contributed by atoms with Gasteiger partial charge in [0.2, 0.25) is 0 Å². The van der Waals surface area contributed by atoms with Gasteiger partial charge in [-0.05, 0) is 51.1 Å². The molecule has 0 N–H and O–H groups in total. The Kier molecular flexibility index (Phi) is 5.69. The maximum Gasteiger partial charge on any atom is 0.159 e. The minimum absolute atomic E-state index is 0.479. The molecule has 0 atom stereocenters. The van der Waals surface area contributed by atoms with Crippen molar-refractivity contribution < 1.29 is 0 Å². The summed E-state index contributed by atoms with van der Waals surface area (Å²) in [6, 6.07) is 54.4. The molecule has 0 saturated carbocycles. The van der Waals surface area contributed by atoms with Crippen LogP contribution in [0.2, 0.25) is 0 Å². The third-order valence-corrected chi connectivity index (χ3v) is 10.2. The molecule has 9 rings (SSSR count). The molecular formula is C41H26N2S. The molecule has 44 heavy (non-hydrogen) atoms. The van der Waals surface area contributed by atoms with Gasteiger partial charge in [-0.2, -0.15) is 0 Å². The molecule has 7 aromatic rings. The fourth-order valence-electron chi connectivity index (χ4n) is 7.26. The highest BCUT2D eigenvalue weighted by Gasteiger charge is 2.51. The van der Waals surface area contributed by atoms with Crippen LogP contribution in [-0.4, -0.2) is 9.97 Å². The fraction of sp³-hybridized carbons (Fsp3) is 0.0244. The van der Waals surface area contributed by atoms with Crippen LogP contribution in [0.5, 0.6) is 0 Å². The zero-order chi connectivity index (χ0) is 29.1. The van der Waals surface area contributed by atoms with E-state index in [0.29, 0.717) is 0 Å². The van der Waals surface area contributed by atoms with Crippen molar-refractivity contribution in [2.24, 2.45) is 0 Å². The van der Waals surface area contributed by atoms with Crippen molar-refractivity contribution in [2.75, 3.05) is 0 Å². The molecule has 6 aromatic carbocycles. The van der Waals surface area contributed by atoms with Gasteiger partial charge >= 0.3 is 0 Å². The zero-order valence-corrected chi connectivity index (χ0v) is 24.6. The Labute approximate surface area is 261 Å². The lowest BCUT2D eigenvalue weighted by atomic mass is 9.65. The van der Waals surface area contributed by atoms with Crippen LogP contribution >= 0.6 is 11.8 Å². The van der Waals surface area contributed by atoms with Gasteiger partial charge in [0, 0.05) is 32.7 Å². The lowest BCUT2D eigenvalue weighted by Gasteiger charge is -2.41. The summed E-state index contributed by atoms with van der Waals surface area (Å²) < 4.78 is 0.